The van der Waals surface area contributed by atoms with Crippen molar-refractivity contribution in [2.75, 3.05) is 52.4 Å². The van der Waals surface area contributed by atoms with Crippen molar-refractivity contribution in [2.45, 2.75) is 12.8 Å². The minimum atomic E-state index is -0.422. The molecule has 2 rings (SSSR count). The molecule has 0 aromatic heterocycles. The molecule has 4 N–H and O–H groups in total. The topological polar surface area (TPSA) is 162 Å². The van der Waals surface area contributed by atoms with Crippen molar-refractivity contribution in [3.8, 4) is 0 Å². The van der Waals surface area contributed by atoms with Crippen LogP contribution < -0.4 is 16.4 Å². The zero-order valence-corrected chi connectivity index (χ0v) is 17.7. The van der Waals surface area contributed by atoms with E-state index >= 15 is 0 Å². The summed E-state index contributed by atoms with van der Waals surface area (Å²) >= 11 is 0. The van der Waals surface area contributed by atoms with Gasteiger partial charge < -0.3 is 16.4 Å². The molecular weight excluding hydrogens is 420 g/mol. The summed E-state index contributed by atoms with van der Waals surface area (Å²) in [6.07, 6.45) is 4.73. The molecule has 0 unspecified atom stereocenters. The molecule has 2 aliphatic heterocycles. The molecule has 174 valence electrons. The summed E-state index contributed by atoms with van der Waals surface area (Å²) in [7, 11) is 0. The molecule has 2 heterocycles. The minimum Gasteiger partial charge on any atom is -0.355 e. The molecule has 0 radical (unpaired) electrons. The molecule has 0 atom stereocenters. The smallest absolute Gasteiger partial charge is 0.253 e. The Morgan fingerprint density at radius 1 is 0.719 bits per heavy atom. The SMILES string of the molecule is NCCN(CCNC(=O)CCN1C(=O)C=CC1=O)CCNC(=O)CCN1C(=O)C=CC1=O. The molecule has 32 heavy (non-hydrogen) atoms. The highest BCUT2D eigenvalue weighted by atomic mass is 16.2. The third kappa shape index (κ3) is 7.71. The van der Waals surface area contributed by atoms with Crippen molar-refractivity contribution in [2.24, 2.45) is 5.73 Å². The van der Waals surface area contributed by atoms with E-state index in [4.69, 9.17) is 5.73 Å². The highest BCUT2D eigenvalue weighted by Crippen LogP contribution is 2.05. The van der Waals surface area contributed by atoms with Gasteiger partial charge in [0.05, 0.1) is 0 Å². The molecule has 2 aliphatic rings. The predicted molar refractivity (Wildman–Crippen MR) is 112 cm³/mol. The predicted octanol–water partition coefficient (Wildman–Crippen LogP) is -2.89. The van der Waals surface area contributed by atoms with Crippen LogP contribution in [0.2, 0.25) is 0 Å². The summed E-state index contributed by atoms with van der Waals surface area (Å²) in [5.41, 5.74) is 5.61. The van der Waals surface area contributed by atoms with Gasteiger partial charge in [0, 0.05) is 89.5 Å². The van der Waals surface area contributed by atoms with Gasteiger partial charge in [0.1, 0.15) is 0 Å². The fraction of sp³-hybridized carbons (Fsp3) is 0.500. The first kappa shape index (κ1) is 24.9. The number of nitrogens with two attached hydrogens (primary N) is 1. The Balaban J connectivity index is 1.59. The molecular formula is C20H28N6O6. The third-order valence-corrected chi connectivity index (χ3v) is 4.87. The zero-order chi connectivity index (χ0) is 23.5. The second kappa shape index (κ2) is 12.5. The second-order valence-corrected chi connectivity index (χ2v) is 7.15. The van der Waals surface area contributed by atoms with Gasteiger partial charge in [-0.3, -0.25) is 43.5 Å². The molecule has 0 aromatic rings. The Hall–Kier alpha value is -3.38. The first-order chi connectivity index (χ1) is 15.3. The number of nitrogens with one attached hydrogen (secondary N) is 2. The van der Waals surface area contributed by atoms with Gasteiger partial charge in [-0.1, -0.05) is 0 Å². The highest BCUT2D eigenvalue weighted by molar-refractivity contribution is 6.13. The van der Waals surface area contributed by atoms with E-state index in [2.05, 4.69) is 10.6 Å². The van der Waals surface area contributed by atoms with E-state index < -0.39 is 23.6 Å². The van der Waals surface area contributed by atoms with Gasteiger partial charge in [0.15, 0.2) is 0 Å². The molecule has 6 amide bonds. The maximum atomic E-state index is 11.9. The number of rotatable bonds is 14. The maximum absolute atomic E-state index is 11.9. The van der Waals surface area contributed by atoms with Gasteiger partial charge in [-0.05, 0) is 0 Å². The molecule has 0 saturated heterocycles. The number of carbonyl (C=O) groups excluding carboxylic acids is 6. The molecule has 0 fully saturated rings. The molecule has 12 nitrogen and oxygen atoms in total. The number of imide groups is 2. The summed E-state index contributed by atoms with van der Waals surface area (Å²) in [4.78, 5) is 73.7. The molecule has 0 aromatic carbocycles. The van der Waals surface area contributed by atoms with E-state index in [1.807, 2.05) is 4.90 Å². The lowest BCUT2D eigenvalue weighted by Gasteiger charge is -2.22. The van der Waals surface area contributed by atoms with Gasteiger partial charge in [-0.15, -0.1) is 0 Å². The molecule has 0 bridgehead atoms. The van der Waals surface area contributed by atoms with Crippen LogP contribution in [0.15, 0.2) is 24.3 Å². The van der Waals surface area contributed by atoms with Gasteiger partial charge in [0.25, 0.3) is 23.6 Å². The third-order valence-electron chi connectivity index (χ3n) is 4.87. The number of hydrogen-bond acceptors (Lipinski definition) is 8. The summed E-state index contributed by atoms with van der Waals surface area (Å²) in [6, 6.07) is 0. The van der Waals surface area contributed by atoms with Crippen molar-refractivity contribution in [1.82, 2.24) is 25.3 Å². The van der Waals surface area contributed by atoms with Crippen LogP contribution in [-0.2, 0) is 28.8 Å². The van der Waals surface area contributed by atoms with Crippen LogP contribution >= 0.6 is 0 Å². The number of carbonyl (C=O) groups is 6. The number of hydrogen-bond donors (Lipinski definition) is 3. The van der Waals surface area contributed by atoms with Gasteiger partial charge in [-0.25, -0.2) is 0 Å². The Morgan fingerprint density at radius 2 is 1.09 bits per heavy atom. The Kier molecular flexibility index (Phi) is 9.70. The Labute approximate surface area is 185 Å². The monoisotopic (exact) mass is 448 g/mol. The minimum absolute atomic E-state index is 0.0175. The normalized spacial score (nSPS) is 15.4. The van der Waals surface area contributed by atoms with Crippen LogP contribution in [0.1, 0.15) is 12.8 Å². The van der Waals surface area contributed by atoms with Crippen LogP contribution in [0.5, 0.6) is 0 Å². The summed E-state index contributed by atoms with van der Waals surface area (Å²) < 4.78 is 0. The fourth-order valence-corrected chi connectivity index (χ4v) is 3.13. The van der Waals surface area contributed by atoms with Gasteiger partial charge in [0.2, 0.25) is 11.8 Å². The first-order valence-corrected chi connectivity index (χ1v) is 10.3. The Morgan fingerprint density at radius 3 is 1.44 bits per heavy atom. The van der Waals surface area contributed by atoms with Crippen LogP contribution in [0.3, 0.4) is 0 Å². The van der Waals surface area contributed by atoms with Crippen molar-refractivity contribution in [3.63, 3.8) is 0 Å². The molecule has 0 aliphatic carbocycles. The quantitative estimate of drug-likeness (QED) is 0.239. The molecule has 0 spiro atoms. The van der Waals surface area contributed by atoms with Gasteiger partial charge >= 0.3 is 0 Å². The van der Waals surface area contributed by atoms with Crippen LogP contribution in [0.4, 0.5) is 0 Å². The van der Waals surface area contributed by atoms with Crippen molar-refractivity contribution >= 4 is 35.4 Å². The molecule has 12 heteroatoms. The van der Waals surface area contributed by atoms with E-state index in [1.54, 1.807) is 0 Å². The summed E-state index contributed by atoms with van der Waals surface area (Å²) in [5, 5.41) is 5.46. The second-order valence-electron chi connectivity index (χ2n) is 7.15. The van der Waals surface area contributed by atoms with Crippen molar-refractivity contribution in [1.29, 1.82) is 0 Å². The largest absolute Gasteiger partial charge is 0.355 e. The van der Waals surface area contributed by atoms with E-state index in [0.717, 1.165) is 9.80 Å². The van der Waals surface area contributed by atoms with Gasteiger partial charge in [-0.2, -0.15) is 0 Å². The summed E-state index contributed by atoms with van der Waals surface area (Å²) in [6.45, 7) is 2.73. The first-order valence-electron chi connectivity index (χ1n) is 10.3. The molecule has 0 saturated carbocycles. The van der Waals surface area contributed by atoms with Crippen LogP contribution in [0.25, 0.3) is 0 Å². The standard InChI is InChI=1S/C20H28N6O6/c21-7-12-24(13-8-22-15(27)5-10-25-17(29)1-2-18(25)30)14-9-23-16(28)6-11-26-19(31)3-4-20(26)32/h1-4H,5-14,21H2,(H,22,27)(H,23,28). The van der Waals surface area contributed by atoms with Crippen LogP contribution in [0, 0.1) is 0 Å². The maximum Gasteiger partial charge on any atom is 0.253 e. The van der Waals surface area contributed by atoms with Crippen molar-refractivity contribution < 1.29 is 28.8 Å². The average molecular weight is 448 g/mol. The van der Waals surface area contributed by atoms with E-state index in [1.165, 1.54) is 24.3 Å². The average Bonchev–Trinajstić information content (AvgIpc) is 3.25. The summed E-state index contributed by atoms with van der Waals surface area (Å²) in [5.74, 6) is -2.25. The zero-order valence-electron chi connectivity index (χ0n) is 17.7. The lowest BCUT2D eigenvalue weighted by molar-refractivity contribution is -0.139. The Bertz CT molecular complexity index is 723. The van der Waals surface area contributed by atoms with E-state index in [0.29, 0.717) is 39.3 Å². The van der Waals surface area contributed by atoms with E-state index in [-0.39, 0.29) is 37.7 Å². The van der Waals surface area contributed by atoms with Crippen molar-refractivity contribution in [3.05, 3.63) is 24.3 Å². The fourth-order valence-electron chi connectivity index (χ4n) is 3.13. The number of nitrogens with zero attached hydrogens (tertiary/aromatic N) is 3. The lowest BCUT2D eigenvalue weighted by atomic mass is 10.3. The highest BCUT2D eigenvalue weighted by Gasteiger charge is 2.24. The van der Waals surface area contributed by atoms with Crippen LogP contribution in [-0.4, -0.2) is 103 Å². The number of amides is 6. The van der Waals surface area contributed by atoms with E-state index in [9.17, 15) is 28.8 Å². The lowest BCUT2D eigenvalue weighted by Crippen LogP contribution is -2.42.